The Morgan fingerprint density at radius 1 is 1.24 bits per heavy atom. The fourth-order valence-corrected chi connectivity index (χ4v) is 2.37. The van der Waals surface area contributed by atoms with Crippen LogP contribution in [0.3, 0.4) is 0 Å². The fraction of sp³-hybridized carbons (Fsp3) is 0.500. The molecule has 0 spiro atoms. The Morgan fingerprint density at radius 3 is 2.47 bits per heavy atom. The van der Waals surface area contributed by atoms with Crippen molar-refractivity contribution in [1.82, 2.24) is 9.80 Å². The molecule has 0 aromatic rings. The van der Waals surface area contributed by atoms with Crippen LogP contribution in [0.15, 0.2) is 22.5 Å². The third kappa shape index (κ3) is 2.22. The zero-order chi connectivity index (χ0) is 12.4. The Kier molecular flexibility index (Phi) is 3.52. The van der Waals surface area contributed by atoms with Gasteiger partial charge in [-0.05, 0) is 19.3 Å². The van der Waals surface area contributed by atoms with Gasteiger partial charge in [0, 0.05) is 26.3 Å². The first-order valence-electron chi connectivity index (χ1n) is 5.74. The van der Waals surface area contributed by atoms with Gasteiger partial charge in [-0.3, -0.25) is 9.59 Å². The molecular weight excluding hydrogens is 240 g/mol. The second-order valence-electron chi connectivity index (χ2n) is 4.33. The van der Waals surface area contributed by atoms with Crippen molar-refractivity contribution in [3.05, 3.63) is 22.5 Å². The lowest BCUT2D eigenvalue weighted by molar-refractivity contribution is -0.123. The average molecular weight is 255 g/mol. The molecule has 4 nitrogen and oxygen atoms in total. The van der Waals surface area contributed by atoms with Gasteiger partial charge in [-0.2, -0.15) is 0 Å². The van der Waals surface area contributed by atoms with Gasteiger partial charge in [0.2, 0.25) is 0 Å². The standard InChI is InChI=1S/C12H15ClN2O2/c1-14-11(13)10(8-16)9(12(14)17)7-15-5-3-2-4-6-15/h7-8H,2-6H2,1H3/b9-7-. The Labute approximate surface area is 106 Å². The highest BCUT2D eigenvalue weighted by molar-refractivity contribution is 6.35. The van der Waals surface area contributed by atoms with Crippen LogP contribution in [0.1, 0.15) is 19.3 Å². The highest BCUT2D eigenvalue weighted by atomic mass is 35.5. The molecule has 0 aliphatic carbocycles. The van der Waals surface area contributed by atoms with E-state index in [0.29, 0.717) is 17.4 Å². The largest absolute Gasteiger partial charge is 0.377 e. The molecule has 1 saturated heterocycles. The third-order valence-corrected chi connectivity index (χ3v) is 3.62. The molecule has 0 N–H and O–H groups in total. The van der Waals surface area contributed by atoms with Gasteiger partial charge in [0.25, 0.3) is 5.91 Å². The molecule has 0 bridgehead atoms. The first-order chi connectivity index (χ1) is 8.15. The molecule has 2 aliphatic heterocycles. The number of carbonyl (C=O) groups excluding carboxylic acids is 2. The first kappa shape index (κ1) is 12.2. The van der Waals surface area contributed by atoms with Crippen molar-refractivity contribution in [3.63, 3.8) is 0 Å². The van der Waals surface area contributed by atoms with Crippen LogP contribution >= 0.6 is 11.6 Å². The minimum absolute atomic E-state index is 0.206. The van der Waals surface area contributed by atoms with Gasteiger partial charge in [0.1, 0.15) is 5.16 Å². The SMILES string of the molecule is CN1C(=O)/C(=C\N2CCCCC2)C(C=O)=C1Cl. The van der Waals surface area contributed by atoms with E-state index in [1.807, 2.05) is 0 Å². The number of piperidine rings is 1. The highest BCUT2D eigenvalue weighted by Crippen LogP contribution is 2.29. The number of aldehydes is 1. The van der Waals surface area contributed by atoms with E-state index in [1.54, 1.807) is 13.2 Å². The van der Waals surface area contributed by atoms with E-state index >= 15 is 0 Å². The molecule has 0 atom stereocenters. The molecule has 0 aromatic carbocycles. The van der Waals surface area contributed by atoms with Crippen LogP contribution in [0.2, 0.25) is 0 Å². The summed E-state index contributed by atoms with van der Waals surface area (Å²) in [6, 6.07) is 0. The number of carbonyl (C=O) groups is 2. The lowest BCUT2D eigenvalue weighted by Gasteiger charge is -2.25. The maximum atomic E-state index is 11.9. The van der Waals surface area contributed by atoms with Crippen molar-refractivity contribution in [3.8, 4) is 0 Å². The number of amides is 1. The lowest BCUT2D eigenvalue weighted by Crippen LogP contribution is -2.26. The summed E-state index contributed by atoms with van der Waals surface area (Å²) in [5, 5.41) is 0.216. The molecule has 0 saturated carbocycles. The minimum atomic E-state index is -0.206. The van der Waals surface area contributed by atoms with Gasteiger partial charge < -0.3 is 9.80 Å². The Balaban J connectivity index is 2.27. The Hall–Kier alpha value is -1.29. The average Bonchev–Trinajstić information content (AvgIpc) is 2.55. The van der Waals surface area contributed by atoms with Gasteiger partial charge in [-0.25, -0.2) is 0 Å². The topological polar surface area (TPSA) is 40.6 Å². The maximum absolute atomic E-state index is 11.9. The summed E-state index contributed by atoms with van der Waals surface area (Å²) in [5.74, 6) is -0.206. The number of likely N-dealkylation sites (tertiary alicyclic amines) is 1. The second-order valence-corrected chi connectivity index (χ2v) is 4.68. The fourth-order valence-electron chi connectivity index (χ4n) is 2.14. The second kappa shape index (κ2) is 4.92. The molecule has 1 fully saturated rings. The van der Waals surface area contributed by atoms with Gasteiger partial charge in [-0.15, -0.1) is 0 Å². The van der Waals surface area contributed by atoms with E-state index < -0.39 is 0 Å². The summed E-state index contributed by atoms with van der Waals surface area (Å²) >= 11 is 5.93. The zero-order valence-electron chi connectivity index (χ0n) is 9.78. The molecule has 2 aliphatic rings. The zero-order valence-corrected chi connectivity index (χ0v) is 10.5. The number of hydrogen-bond donors (Lipinski definition) is 0. The summed E-state index contributed by atoms with van der Waals surface area (Å²) in [4.78, 5) is 26.3. The molecule has 1 amide bonds. The molecule has 0 unspecified atom stereocenters. The van der Waals surface area contributed by atoms with E-state index in [9.17, 15) is 9.59 Å². The highest BCUT2D eigenvalue weighted by Gasteiger charge is 2.32. The van der Waals surface area contributed by atoms with Crippen molar-refractivity contribution in [1.29, 1.82) is 0 Å². The molecule has 0 aromatic heterocycles. The maximum Gasteiger partial charge on any atom is 0.261 e. The third-order valence-electron chi connectivity index (χ3n) is 3.16. The predicted molar refractivity (Wildman–Crippen MR) is 65.2 cm³/mol. The molecular formula is C12H15ClN2O2. The monoisotopic (exact) mass is 254 g/mol. The molecule has 17 heavy (non-hydrogen) atoms. The number of rotatable bonds is 2. The summed E-state index contributed by atoms with van der Waals surface area (Å²) in [6.07, 6.45) is 5.91. The Morgan fingerprint density at radius 2 is 1.88 bits per heavy atom. The van der Waals surface area contributed by atoms with Gasteiger partial charge >= 0.3 is 0 Å². The Bertz CT molecular complexity index is 409. The number of likely N-dealkylation sites (N-methyl/N-ethyl adjacent to an activating group) is 1. The number of nitrogens with zero attached hydrogens (tertiary/aromatic N) is 2. The molecule has 5 heteroatoms. The summed E-state index contributed by atoms with van der Waals surface area (Å²) < 4.78 is 0. The van der Waals surface area contributed by atoms with Crippen LogP contribution in [0, 0.1) is 0 Å². The van der Waals surface area contributed by atoms with Gasteiger partial charge in [-0.1, -0.05) is 11.6 Å². The normalized spacial score (nSPS) is 23.9. The lowest BCUT2D eigenvalue weighted by atomic mass is 10.1. The quantitative estimate of drug-likeness (QED) is 0.426. The molecule has 0 radical (unpaired) electrons. The first-order valence-corrected chi connectivity index (χ1v) is 6.12. The molecule has 92 valence electrons. The minimum Gasteiger partial charge on any atom is -0.377 e. The van der Waals surface area contributed by atoms with E-state index in [-0.39, 0.29) is 11.1 Å². The number of halogens is 1. The summed E-state index contributed by atoms with van der Waals surface area (Å²) in [5.41, 5.74) is 0.708. The van der Waals surface area contributed by atoms with Crippen LogP contribution < -0.4 is 0 Å². The molecule has 2 heterocycles. The van der Waals surface area contributed by atoms with Crippen molar-refractivity contribution in [2.45, 2.75) is 19.3 Å². The predicted octanol–water partition coefficient (Wildman–Crippen LogP) is 1.48. The summed E-state index contributed by atoms with van der Waals surface area (Å²) in [6.45, 7) is 1.87. The smallest absolute Gasteiger partial charge is 0.261 e. The van der Waals surface area contributed by atoms with Crippen LogP contribution in [0.5, 0.6) is 0 Å². The number of hydrogen-bond acceptors (Lipinski definition) is 3. The van der Waals surface area contributed by atoms with Crippen LogP contribution in [0.4, 0.5) is 0 Å². The van der Waals surface area contributed by atoms with Crippen molar-refractivity contribution >= 4 is 23.8 Å². The van der Waals surface area contributed by atoms with E-state index in [1.165, 1.54) is 11.3 Å². The van der Waals surface area contributed by atoms with Crippen molar-refractivity contribution < 1.29 is 9.59 Å². The van der Waals surface area contributed by atoms with Crippen LogP contribution in [0.25, 0.3) is 0 Å². The van der Waals surface area contributed by atoms with Gasteiger partial charge in [0.15, 0.2) is 6.29 Å². The van der Waals surface area contributed by atoms with Gasteiger partial charge in [0.05, 0.1) is 11.1 Å². The van der Waals surface area contributed by atoms with E-state index in [0.717, 1.165) is 25.9 Å². The van der Waals surface area contributed by atoms with Crippen molar-refractivity contribution in [2.24, 2.45) is 0 Å². The van der Waals surface area contributed by atoms with E-state index in [2.05, 4.69) is 4.90 Å². The van der Waals surface area contributed by atoms with Crippen LogP contribution in [-0.2, 0) is 9.59 Å². The van der Waals surface area contributed by atoms with Crippen LogP contribution in [-0.4, -0.2) is 42.1 Å². The molecule has 2 rings (SSSR count). The summed E-state index contributed by atoms with van der Waals surface area (Å²) in [7, 11) is 1.57. The van der Waals surface area contributed by atoms with Crippen molar-refractivity contribution in [2.75, 3.05) is 20.1 Å². The van der Waals surface area contributed by atoms with E-state index in [4.69, 9.17) is 11.6 Å².